The standard InChI is InChI=1S/C16H15BrClNOS/c17-14-7-3-2-6-13(14)16(20)19-9-10-21-11-12-5-1-4-8-15(12)18/h1-8H,9-11H2,(H,19,20). The zero-order valence-corrected chi connectivity index (χ0v) is 14.5. The molecule has 0 aliphatic carbocycles. The molecule has 2 rings (SSSR count). The van der Waals surface area contributed by atoms with E-state index in [0.29, 0.717) is 12.1 Å². The highest BCUT2D eigenvalue weighted by Gasteiger charge is 2.08. The average molecular weight is 385 g/mol. The zero-order valence-electron chi connectivity index (χ0n) is 11.3. The fraction of sp³-hybridized carbons (Fsp3) is 0.188. The highest BCUT2D eigenvalue weighted by atomic mass is 79.9. The first kappa shape index (κ1) is 16.4. The first-order chi connectivity index (χ1) is 10.2. The Hall–Kier alpha value is -0.970. The SMILES string of the molecule is O=C(NCCSCc1ccccc1Cl)c1ccccc1Br. The number of thioether (sulfide) groups is 1. The van der Waals surface area contributed by atoms with Crippen molar-refractivity contribution in [2.24, 2.45) is 0 Å². The zero-order chi connectivity index (χ0) is 15.1. The van der Waals surface area contributed by atoms with Crippen molar-refractivity contribution in [3.05, 3.63) is 69.2 Å². The normalized spacial score (nSPS) is 10.4. The van der Waals surface area contributed by atoms with Crippen LogP contribution in [0.3, 0.4) is 0 Å². The van der Waals surface area contributed by atoms with Gasteiger partial charge in [-0.05, 0) is 39.7 Å². The van der Waals surface area contributed by atoms with Crippen LogP contribution in [0.2, 0.25) is 5.02 Å². The minimum absolute atomic E-state index is 0.0548. The molecule has 5 heteroatoms. The van der Waals surface area contributed by atoms with Crippen molar-refractivity contribution in [1.82, 2.24) is 5.32 Å². The number of hydrogen-bond donors (Lipinski definition) is 1. The highest BCUT2D eigenvalue weighted by molar-refractivity contribution is 9.10. The second-order valence-corrected chi connectivity index (χ2v) is 6.75. The molecule has 0 unspecified atom stereocenters. The van der Waals surface area contributed by atoms with E-state index in [4.69, 9.17) is 11.6 Å². The summed E-state index contributed by atoms with van der Waals surface area (Å²) in [6.07, 6.45) is 0. The molecule has 2 nitrogen and oxygen atoms in total. The van der Waals surface area contributed by atoms with Crippen molar-refractivity contribution in [2.75, 3.05) is 12.3 Å². The predicted octanol–water partition coefficient (Wildman–Crippen LogP) is 4.77. The Labute approximate surface area is 142 Å². The van der Waals surface area contributed by atoms with E-state index in [1.165, 1.54) is 0 Å². The van der Waals surface area contributed by atoms with Gasteiger partial charge in [0, 0.05) is 27.5 Å². The van der Waals surface area contributed by atoms with E-state index in [2.05, 4.69) is 21.2 Å². The fourth-order valence-corrected chi connectivity index (χ4v) is 3.38. The largest absolute Gasteiger partial charge is 0.351 e. The van der Waals surface area contributed by atoms with Gasteiger partial charge in [0.15, 0.2) is 0 Å². The topological polar surface area (TPSA) is 29.1 Å². The van der Waals surface area contributed by atoms with E-state index >= 15 is 0 Å². The van der Waals surface area contributed by atoms with E-state index in [-0.39, 0.29) is 5.91 Å². The number of carbonyl (C=O) groups is 1. The molecule has 0 atom stereocenters. The van der Waals surface area contributed by atoms with E-state index < -0.39 is 0 Å². The molecular formula is C16H15BrClNOS. The summed E-state index contributed by atoms with van der Waals surface area (Å²) in [5.41, 5.74) is 1.79. The smallest absolute Gasteiger partial charge is 0.252 e. The molecule has 110 valence electrons. The van der Waals surface area contributed by atoms with Gasteiger partial charge in [-0.25, -0.2) is 0 Å². The minimum atomic E-state index is -0.0548. The Morgan fingerprint density at radius 1 is 1.14 bits per heavy atom. The minimum Gasteiger partial charge on any atom is -0.351 e. The van der Waals surface area contributed by atoms with Crippen LogP contribution in [-0.4, -0.2) is 18.2 Å². The average Bonchev–Trinajstić information content (AvgIpc) is 2.49. The molecular weight excluding hydrogens is 370 g/mol. The monoisotopic (exact) mass is 383 g/mol. The number of benzene rings is 2. The lowest BCUT2D eigenvalue weighted by Crippen LogP contribution is -2.26. The van der Waals surface area contributed by atoms with Crippen LogP contribution >= 0.6 is 39.3 Å². The van der Waals surface area contributed by atoms with Gasteiger partial charge in [-0.3, -0.25) is 4.79 Å². The van der Waals surface area contributed by atoms with Crippen molar-refractivity contribution in [2.45, 2.75) is 5.75 Å². The Morgan fingerprint density at radius 3 is 2.62 bits per heavy atom. The molecule has 0 radical (unpaired) electrons. The molecule has 21 heavy (non-hydrogen) atoms. The fourth-order valence-electron chi connectivity index (χ4n) is 1.77. The molecule has 2 aromatic rings. The van der Waals surface area contributed by atoms with Gasteiger partial charge >= 0.3 is 0 Å². The lowest BCUT2D eigenvalue weighted by atomic mass is 10.2. The van der Waals surface area contributed by atoms with Crippen molar-refractivity contribution >= 4 is 45.2 Å². The maximum atomic E-state index is 12.0. The van der Waals surface area contributed by atoms with E-state index in [9.17, 15) is 4.79 Å². The Bertz CT molecular complexity index is 621. The maximum absolute atomic E-state index is 12.0. The summed E-state index contributed by atoms with van der Waals surface area (Å²) in [4.78, 5) is 12.0. The van der Waals surface area contributed by atoms with Gasteiger partial charge in [0.25, 0.3) is 5.91 Å². The molecule has 0 bridgehead atoms. The van der Waals surface area contributed by atoms with Crippen molar-refractivity contribution in [1.29, 1.82) is 0 Å². The van der Waals surface area contributed by atoms with E-state index in [0.717, 1.165) is 26.6 Å². The van der Waals surface area contributed by atoms with Crippen molar-refractivity contribution in [3.63, 3.8) is 0 Å². The van der Waals surface area contributed by atoms with Gasteiger partial charge in [0.1, 0.15) is 0 Å². The van der Waals surface area contributed by atoms with Crippen LogP contribution in [0.1, 0.15) is 15.9 Å². The van der Waals surface area contributed by atoms with Crippen LogP contribution in [0.4, 0.5) is 0 Å². The van der Waals surface area contributed by atoms with Gasteiger partial charge in [0.2, 0.25) is 0 Å². The summed E-state index contributed by atoms with van der Waals surface area (Å²) in [6, 6.07) is 15.2. The number of nitrogens with one attached hydrogen (secondary N) is 1. The molecule has 0 aliphatic heterocycles. The lowest BCUT2D eigenvalue weighted by molar-refractivity contribution is 0.0955. The highest BCUT2D eigenvalue weighted by Crippen LogP contribution is 2.20. The van der Waals surface area contributed by atoms with Crippen LogP contribution in [0, 0.1) is 0 Å². The van der Waals surface area contributed by atoms with Crippen LogP contribution in [0.15, 0.2) is 53.0 Å². The first-order valence-corrected chi connectivity index (χ1v) is 8.85. The van der Waals surface area contributed by atoms with E-state index in [1.807, 2.05) is 42.5 Å². The summed E-state index contributed by atoms with van der Waals surface area (Å²) in [5, 5.41) is 3.71. The Kier molecular flexibility index (Phi) is 6.61. The lowest BCUT2D eigenvalue weighted by Gasteiger charge is -2.07. The Morgan fingerprint density at radius 2 is 1.86 bits per heavy atom. The van der Waals surface area contributed by atoms with Crippen molar-refractivity contribution < 1.29 is 4.79 Å². The molecule has 2 aromatic carbocycles. The van der Waals surface area contributed by atoms with Crippen LogP contribution in [0.25, 0.3) is 0 Å². The maximum Gasteiger partial charge on any atom is 0.252 e. The van der Waals surface area contributed by atoms with Gasteiger partial charge < -0.3 is 5.32 Å². The third kappa shape index (κ3) is 5.06. The molecule has 1 N–H and O–H groups in total. The number of carbonyl (C=O) groups excluding carboxylic acids is 1. The molecule has 0 fully saturated rings. The summed E-state index contributed by atoms with van der Waals surface area (Å²) < 4.78 is 0.811. The quantitative estimate of drug-likeness (QED) is 0.727. The summed E-state index contributed by atoms with van der Waals surface area (Å²) in [5.74, 6) is 1.65. The van der Waals surface area contributed by atoms with Gasteiger partial charge in [0.05, 0.1) is 5.56 Å². The van der Waals surface area contributed by atoms with Crippen molar-refractivity contribution in [3.8, 4) is 0 Å². The predicted molar refractivity (Wildman–Crippen MR) is 94.1 cm³/mol. The summed E-state index contributed by atoms with van der Waals surface area (Å²) >= 11 is 11.2. The number of halogens is 2. The number of rotatable bonds is 6. The van der Waals surface area contributed by atoms with Crippen LogP contribution < -0.4 is 5.32 Å². The van der Waals surface area contributed by atoms with Crippen LogP contribution in [0.5, 0.6) is 0 Å². The summed E-state index contributed by atoms with van der Waals surface area (Å²) in [7, 11) is 0. The van der Waals surface area contributed by atoms with Crippen LogP contribution in [-0.2, 0) is 5.75 Å². The van der Waals surface area contributed by atoms with Gasteiger partial charge in [-0.15, -0.1) is 0 Å². The molecule has 0 saturated carbocycles. The van der Waals surface area contributed by atoms with E-state index in [1.54, 1.807) is 17.8 Å². The molecule has 0 aliphatic rings. The molecule has 0 aromatic heterocycles. The van der Waals surface area contributed by atoms with Gasteiger partial charge in [-0.1, -0.05) is 41.9 Å². The third-order valence-electron chi connectivity index (χ3n) is 2.87. The third-order valence-corrected chi connectivity index (χ3v) is 4.93. The molecule has 0 spiro atoms. The molecule has 0 heterocycles. The second kappa shape index (κ2) is 8.47. The number of amides is 1. The van der Waals surface area contributed by atoms with Gasteiger partial charge in [-0.2, -0.15) is 11.8 Å². The number of hydrogen-bond acceptors (Lipinski definition) is 2. The molecule has 0 saturated heterocycles. The Balaban J connectivity index is 1.72. The molecule has 1 amide bonds. The summed E-state index contributed by atoms with van der Waals surface area (Å²) in [6.45, 7) is 0.634. The first-order valence-electron chi connectivity index (χ1n) is 6.52. The second-order valence-electron chi connectivity index (χ2n) is 4.38.